The number of benzene rings is 1. The van der Waals surface area contributed by atoms with Crippen molar-refractivity contribution in [3.8, 4) is 0 Å². The number of aryl methyl sites for hydroxylation is 1. The molecule has 0 fully saturated rings. The molecule has 0 aliphatic heterocycles. The Kier molecular flexibility index (Phi) is 7.92. The van der Waals surface area contributed by atoms with E-state index in [1.807, 2.05) is 24.3 Å². The molecule has 0 N–H and O–H groups in total. The molecule has 0 heterocycles. The summed E-state index contributed by atoms with van der Waals surface area (Å²) >= 11 is 11.5. The van der Waals surface area contributed by atoms with Gasteiger partial charge in [0.15, 0.2) is 0 Å². The summed E-state index contributed by atoms with van der Waals surface area (Å²) in [5.74, 6) is 0.896. The predicted octanol–water partition coefficient (Wildman–Crippen LogP) is 3.95. The lowest BCUT2D eigenvalue weighted by Gasteiger charge is -2.22. The van der Waals surface area contributed by atoms with E-state index in [9.17, 15) is 4.79 Å². The number of carbonyl (C=O) groups is 1. The third kappa shape index (κ3) is 5.04. The molecule has 1 aromatic carbocycles. The summed E-state index contributed by atoms with van der Waals surface area (Å²) in [4.78, 5) is 14.2. The van der Waals surface area contributed by atoms with Crippen molar-refractivity contribution in [3.63, 3.8) is 0 Å². The van der Waals surface area contributed by atoms with Crippen LogP contribution in [0.3, 0.4) is 0 Å². The summed E-state index contributed by atoms with van der Waals surface area (Å²) < 4.78 is 0. The molecule has 2 nitrogen and oxygen atoms in total. The Bertz CT molecular complexity index is 389. The van der Waals surface area contributed by atoms with Gasteiger partial charge in [-0.2, -0.15) is 0 Å². The van der Waals surface area contributed by atoms with Gasteiger partial charge in [0.1, 0.15) is 0 Å². The predicted molar refractivity (Wildman–Crippen MR) is 82.4 cm³/mol. The minimum atomic E-state index is 0.0352. The van der Waals surface area contributed by atoms with Crippen molar-refractivity contribution in [1.82, 2.24) is 4.90 Å². The van der Waals surface area contributed by atoms with E-state index in [4.69, 9.17) is 23.2 Å². The third-order valence-electron chi connectivity index (χ3n) is 3.04. The number of unbranched alkanes of at least 4 members (excludes halogenated alkanes) is 1. The molecular formula is C15H21Cl2NO. The molecule has 19 heavy (non-hydrogen) atoms. The zero-order chi connectivity index (χ0) is 14.1. The van der Waals surface area contributed by atoms with E-state index in [0.717, 1.165) is 30.4 Å². The van der Waals surface area contributed by atoms with Gasteiger partial charge in [-0.3, -0.25) is 4.79 Å². The first kappa shape index (κ1) is 16.3. The van der Waals surface area contributed by atoms with E-state index >= 15 is 0 Å². The number of hydrogen-bond donors (Lipinski definition) is 0. The minimum absolute atomic E-state index is 0.0352. The van der Waals surface area contributed by atoms with Crippen LogP contribution in [0.15, 0.2) is 24.3 Å². The van der Waals surface area contributed by atoms with Crippen LogP contribution in [0.4, 0.5) is 0 Å². The van der Waals surface area contributed by atoms with Crippen LogP contribution in [-0.2, 0) is 6.42 Å². The average Bonchev–Trinajstić information content (AvgIpc) is 2.44. The molecule has 0 aliphatic rings. The van der Waals surface area contributed by atoms with E-state index in [1.54, 1.807) is 4.90 Å². The molecule has 4 heteroatoms. The van der Waals surface area contributed by atoms with Gasteiger partial charge in [0, 0.05) is 30.4 Å². The molecule has 0 unspecified atom stereocenters. The van der Waals surface area contributed by atoms with E-state index in [2.05, 4.69) is 6.92 Å². The fourth-order valence-corrected chi connectivity index (χ4v) is 2.41. The molecule has 0 saturated carbocycles. The van der Waals surface area contributed by atoms with Gasteiger partial charge in [-0.1, -0.05) is 31.5 Å². The fraction of sp³-hybridized carbons (Fsp3) is 0.533. The van der Waals surface area contributed by atoms with Gasteiger partial charge in [-0.25, -0.2) is 0 Å². The maximum Gasteiger partial charge on any atom is 0.254 e. The van der Waals surface area contributed by atoms with Gasteiger partial charge in [-0.05, 0) is 24.5 Å². The monoisotopic (exact) mass is 301 g/mol. The maximum atomic E-state index is 12.5. The highest BCUT2D eigenvalue weighted by Gasteiger charge is 2.17. The first-order valence-electron chi connectivity index (χ1n) is 6.73. The number of hydrogen-bond acceptors (Lipinski definition) is 1. The summed E-state index contributed by atoms with van der Waals surface area (Å²) in [5.41, 5.74) is 1.90. The quantitative estimate of drug-likeness (QED) is 0.666. The Balaban J connectivity index is 2.89. The number of rotatable bonds is 8. The molecule has 0 spiro atoms. The zero-order valence-electron chi connectivity index (χ0n) is 11.4. The molecule has 0 aromatic heterocycles. The van der Waals surface area contributed by atoms with Gasteiger partial charge >= 0.3 is 0 Å². The van der Waals surface area contributed by atoms with Crippen LogP contribution in [0, 0.1) is 0 Å². The Labute approximate surface area is 125 Å². The number of amides is 1. The highest BCUT2D eigenvalue weighted by Crippen LogP contribution is 2.15. The summed E-state index contributed by atoms with van der Waals surface area (Å²) in [6, 6.07) is 7.81. The molecule has 0 bridgehead atoms. The second kappa shape index (κ2) is 9.22. The Morgan fingerprint density at radius 2 is 1.79 bits per heavy atom. The van der Waals surface area contributed by atoms with Crippen LogP contribution in [-0.4, -0.2) is 35.7 Å². The molecule has 106 valence electrons. The van der Waals surface area contributed by atoms with Crippen LogP contribution in [0.2, 0.25) is 0 Å². The lowest BCUT2D eigenvalue weighted by atomic mass is 10.0. The van der Waals surface area contributed by atoms with Gasteiger partial charge in [0.05, 0.1) is 0 Å². The van der Waals surface area contributed by atoms with E-state index in [0.29, 0.717) is 24.8 Å². The van der Waals surface area contributed by atoms with Crippen molar-refractivity contribution in [2.24, 2.45) is 0 Å². The smallest absolute Gasteiger partial charge is 0.254 e. The number of halogens is 2. The normalized spacial score (nSPS) is 10.5. The molecule has 0 atom stereocenters. The molecule has 0 aliphatic carbocycles. The number of nitrogens with zero attached hydrogens (tertiary/aromatic N) is 1. The van der Waals surface area contributed by atoms with Crippen LogP contribution in [0.25, 0.3) is 0 Å². The van der Waals surface area contributed by atoms with Gasteiger partial charge in [-0.15, -0.1) is 23.2 Å². The summed E-state index contributed by atoms with van der Waals surface area (Å²) in [6.07, 6.45) is 3.15. The molecular weight excluding hydrogens is 281 g/mol. The van der Waals surface area contributed by atoms with Gasteiger partial charge < -0.3 is 4.90 Å². The lowest BCUT2D eigenvalue weighted by Crippen LogP contribution is -2.35. The second-order valence-corrected chi connectivity index (χ2v) is 5.19. The largest absolute Gasteiger partial charge is 0.336 e. The van der Waals surface area contributed by atoms with Crippen molar-refractivity contribution < 1.29 is 4.79 Å². The number of alkyl halides is 2. The van der Waals surface area contributed by atoms with Crippen LogP contribution < -0.4 is 0 Å². The summed E-state index contributed by atoms with van der Waals surface area (Å²) in [5, 5.41) is 0. The van der Waals surface area contributed by atoms with Crippen molar-refractivity contribution in [1.29, 1.82) is 0 Å². The van der Waals surface area contributed by atoms with Crippen molar-refractivity contribution >= 4 is 29.1 Å². The van der Waals surface area contributed by atoms with Crippen LogP contribution in [0.5, 0.6) is 0 Å². The highest BCUT2D eigenvalue weighted by atomic mass is 35.5. The Morgan fingerprint density at radius 3 is 2.37 bits per heavy atom. The van der Waals surface area contributed by atoms with Gasteiger partial charge in [0.2, 0.25) is 0 Å². The highest BCUT2D eigenvalue weighted by molar-refractivity contribution is 6.18. The molecule has 1 amide bonds. The summed E-state index contributed by atoms with van der Waals surface area (Å²) in [6.45, 7) is 3.22. The van der Waals surface area contributed by atoms with Crippen LogP contribution in [0.1, 0.15) is 35.7 Å². The summed E-state index contributed by atoms with van der Waals surface area (Å²) in [7, 11) is 0. The van der Waals surface area contributed by atoms with Crippen LogP contribution >= 0.6 is 23.2 Å². The third-order valence-corrected chi connectivity index (χ3v) is 3.38. The lowest BCUT2D eigenvalue weighted by molar-refractivity contribution is 0.0774. The maximum absolute atomic E-state index is 12.5. The van der Waals surface area contributed by atoms with Crippen molar-refractivity contribution in [2.75, 3.05) is 24.8 Å². The second-order valence-electron chi connectivity index (χ2n) is 4.43. The molecule has 1 aromatic rings. The SMILES string of the molecule is CCCCc1ccccc1C(=O)N(CCCl)CCCl. The average molecular weight is 302 g/mol. The van der Waals surface area contributed by atoms with Crippen molar-refractivity contribution in [2.45, 2.75) is 26.2 Å². The number of carbonyl (C=O) groups excluding carboxylic acids is 1. The van der Waals surface area contributed by atoms with E-state index in [-0.39, 0.29) is 5.91 Å². The topological polar surface area (TPSA) is 20.3 Å². The minimum Gasteiger partial charge on any atom is -0.336 e. The molecule has 0 radical (unpaired) electrons. The molecule has 0 saturated heterocycles. The first-order chi connectivity index (χ1) is 9.24. The zero-order valence-corrected chi connectivity index (χ0v) is 12.9. The fourth-order valence-electron chi connectivity index (χ4n) is 2.00. The van der Waals surface area contributed by atoms with Crippen molar-refractivity contribution in [3.05, 3.63) is 35.4 Å². The first-order valence-corrected chi connectivity index (χ1v) is 7.80. The standard InChI is InChI=1S/C15H21Cl2NO/c1-2-3-6-13-7-4-5-8-14(13)15(19)18(11-9-16)12-10-17/h4-5,7-8H,2-3,6,9-12H2,1H3. The van der Waals surface area contributed by atoms with E-state index in [1.165, 1.54) is 0 Å². The van der Waals surface area contributed by atoms with Gasteiger partial charge in [0.25, 0.3) is 5.91 Å². The Hall–Kier alpha value is -0.730. The molecule has 1 rings (SSSR count). The van der Waals surface area contributed by atoms with E-state index < -0.39 is 0 Å². The Morgan fingerprint density at radius 1 is 1.16 bits per heavy atom.